The van der Waals surface area contributed by atoms with Crippen molar-refractivity contribution in [2.24, 2.45) is 22.7 Å². The summed E-state index contributed by atoms with van der Waals surface area (Å²) in [4.78, 5) is 23.7. The zero-order chi connectivity index (χ0) is 36.0. The van der Waals surface area contributed by atoms with Crippen molar-refractivity contribution in [2.75, 3.05) is 6.61 Å². The minimum atomic E-state index is -0.225. The van der Waals surface area contributed by atoms with Gasteiger partial charge in [-0.15, -0.1) is 0 Å². The summed E-state index contributed by atoms with van der Waals surface area (Å²) in [5.41, 5.74) is 2.94. The highest BCUT2D eigenvalue weighted by Gasteiger charge is 2.41. The summed E-state index contributed by atoms with van der Waals surface area (Å²) in [5, 5.41) is 3.93. The highest BCUT2D eigenvalue weighted by atomic mass is 16.5. The number of ketones is 2. The molecule has 0 heterocycles. The lowest BCUT2D eigenvalue weighted by atomic mass is 9.60. The Labute approximate surface area is 293 Å². The summed E-state index contributed by atoms with van der Waals surface area (Å²) in [7, 11) is 0. The van der Waals surface area contributed by atoms with Crippen LogP contribution >= 0.6 is 0 Å². The predicted octanol–water partition coefficient (Wildman–Crippen LogP) is 12.5. The normalized spacial score (nSPS) is 22.2. The summed E-state index contributed by atoms with van der Waals surface area (Å²) in [5.74, 6) is 3.16. The third kappa shape index (κ3) is 14.4. The molecular formula is C43H79NO3. The molecule has 4 heteroatoms. The molecule has 47 heavy (non-hydrogen) atoms. The van der Waals surface area contributed by atoms with E-state index in [1.165, 1.54) is 49.7 Å². The molecule has 0 bridgehead atoms. The van der Waals surface area contributed by atoms with Crippen LogP contribution in [0.25, 0.3) is 0 Å². The molecule has 0 aromatic heterocycles. The maximum absolute atomic E-state index is 12.3. The van der Waals surface area contributed by atoms with Crippen molar-refractivity contribution in [1.82, 2.24) is 5.32 Å². The molecule has 0 aromatic rings. The van der Waals surface area contributed by atoms with Crippen LogP contribution in [0.15, 0.2) is 35.1 Å². The van der Waals surface area contributed by atoms with Crippen LogP contribution in [0.2, 0.25) is 0 Å². The molecule has 5 unspecified atom stereocenters. The Kier molecular flexibility index (Phi) is 23.6. The molecule has 0 aliphatic heterocycles. The quantitative estimate of drug-likeness (QED) is 0.150. The van der Waals surface area contributed by atoms with Crippen LogP contribution in [0.1, 0.15) is 186 Å². The van der Waals surface area contributed by atoms with Crippen LogP contribution < -0.4 is 5.32 Å². The smallest absolute Gasteiger partial charge is 0.136 e. The van der Waals surface area contributed by atoms with Gasteiger partial charge in [0.05, 0.1) is 12.4 Å². The summed E-state index contributed by atoms with van der Waals surface area (Å²) in [6.07, 6.45) is 22.4. The van der Waals surface area contributed by atoms with Crippen molar-refractivity contribution < 1.29 is 14.3 Å². The molecule has 0 saturated heterocycles. The molecule has 2 aliphatic rings. The summed E-state index contributed by atoms with van der Waals surface area (Å²) < 4.78 is 6.19. The van der Waals surface area contributed by atoms with Crippen LogP contribution in [-0.4, -0.2) is 30.3 Å². The fourth-order valence-corrected chi connectivity index (χ4v) is 8.03. The first-order chi connectivity index (χ1) is 22.4. The third-order valence-corrected chi connectivity index (χ3v) is 11.6. The van der Waals surface area contributed by atoms with Gasteiger partial charge in [-0.2, -0.15) is 0 Å². The van der Waals surface area contributed by atoms with Gasteiger partial charge in [0.15, 0.2) is 0 Å². The Bertz CT molecular complexity index is 974. The largest absolute Gasteiger partial charge is 0.498 e. The van der Waals surface area contributed by atoms with E-state index >= 15 is 0 Å². The van der Waals surface area contributed by atoms with Crippen molar-refractivity contribution in [2.45, 2.75) is 198 Å². The fraction of sp³-hybridized carbons (Fsp3) is 0.814. The van der Waals surface area contributed by atoms with Crippen LogP contribution in [0.3, 0.4) is 0 Å². The van der Waals surface area contributed by atoms with Gasteiger partial charge in [-0.05, 0) is 93.3 Å². The first-order valence-corrected chi connectivity index (χ1v) is 19.9. The highest BCUT2D eigenvalue weighted by molar-refractivity contribution is 5.82. The Morgan fingerprint density at radius 3 is 2.11 bits per heavy atom. The maximum Gasteiger partial charge on any atom is 0.136 e. The fourth-order valence-electron chi connectivity index (χ4n) is 8.03. The zero-order valence-electron chi connectivity index (χ0n) is 33.6. The van der Waals surface area contributed by atoms with E-state index in [0.717, 1.165) is 69.5 Å². The van der Waals surface area contributed by atoms with E-state index in [1.807, 2.05) is 13.8 Å². The molecule has 0 radical (unpaired) electrons. The number of hydrogen-bond donors (Lipinski definition) is 1. The van der Waals surface area contributed by atoms with Crippen molar-refractivity contribution in [1.29, 1.82) is 0 Å². The lowest BCUT2D eigenvalue weighted by Crippen LogP contribution is -2.39. The van der Waals surface area contributed by atoms with Crippen molar-refractivity contribution in [3.05, 3.63) is 35.1 Å². The van der Waals surface area contributed by atoms with Gasteiger partial charge in [0, 0.05) is 36.8 Å². The molecule has 1 fully saturated rings. The number of carbonyl (C=O) groups is 2. The lowest BCUT2D eigenvalue weighted by molar-refractivity contribution is -0.128. The van der Waals surface area contributed by atoms with Gasteiger partial charge in [0.25, 0.3) is 0 Å². The Morgan fingerprint density at radius 2 is 1.62 bits per heavy atom. The molecule has 1 N–H and O–H groups in total. The van der Waals surface area contributed by atoms with E-state index < -0.39 is 0 Å². The molecule has 274 valence electrons. The second kappa shape index (κ2) is 24.5. The number of allylic oxidation sites excluding steroid dienone is 3. The second-order valence-corrected chi connectivity index (χ2v) is 14.4. The summed E-state index contributed by atoms with van der Waals surface area (Å²) in [6.45, 7) is 28.9. The molecule has 0 amide bonds. The van der Waals surface area contributed by atoms with Gasteiger partial charge < -0.3 is 10.1 Å². The van der Waals surface area contributed by atoms with Gasteiger partial charge in [-0.25, -0.2) is 0 Å². The standard InChI is InChI=1S/C28H49NO2.C13H24O.C2H6/c1-8-13-24(11-4)29-27(14-9-2)26-18-17-25(16-15-22(26)6)31-21-20-28(12-5,19-10-3)23(7)30;1-5-11(6-2)13(4)8-7-12(14)9-10(13)3;1-2/h15-16,18,24,27,29H,8-14,17,19-21H2,1-7H3;10-11H,5-9H2,1-4H3;1-2H3. The van der Waals surface area contributed by atoms with Crippen molar-refractivity contribution in [3.8, 4) is 0 Å². The van der Waals surface area contributed by atoms with E-state index in [0.29, 0.717) is 41.6 Å². The molecule has 0 aromatic carbocycles. The molecular weight excluding hydrogens is 578 g/mol. The van der Waals surface area contributed by atoms with Crippen LogP contribution in [-0.2, 0) is 14.3 Å². The minimum absolute atomic E-state index is 0.225. The average Bonchev–Trinajstić information content (AvgIpc) is 3.24. The van der Waals surface area contributed by atoms with Crippen LogP contribution in [0.4, 0.5) is 0 Å². The lowest BCUT2D eigenvalue weighted by Gasteiger charge is -2.45. The summed E-state index contributed by atoms with van der Waals surface area (Å²) >= 11 is 0. The monoisotopic (exact) mass is 658 g/mol. The van der Waals surface area contributed by atoms with Gasteiger partial charge >= 0.3 is 0 Å². The highest BCUT2D eigenvalue weighted by Crippen LogP contribution is 2.47. The van der Waals surface area contributed by atoms with Crippen LogP contribution in [0.5, 0.6) is 0 Å². The van der Waals surface area contributed by atoms with E-state index in [4.69, 9.17) is 4.74 Å². The Balaban J connectivity index is 0.00000110. The zero-order valence-corrected chi connectivity index (χ0v) is 33.6. The van der Waals surface area contributed by atoms with Gasteiger partial charge in [-0.3, -0.25) is 9.59 Å². The number of nitrogens with one attached hydrogen (secondary N) is 1. The SMILES string of the molecule is CC.CCC(CC)C1(C)CCC(=O)CC1C.CCCC(CC)NC(CCC)C1=CCC(OCCC(CC)(CCC)C(C)=O)=CC=C1C. The summed E-state index contributed by atoms with van der Waals surface area (Å²) in [6, 6.07) is 0.981. The van der Waals surface area contributed by atoms with E-state index in [1.54, 1.807) is 6.92 Å². The first-order valence-electron chi connectivity index (χ1n) is 19.9. The number of Topliss-reactive ketones (excluding diaryl/α,β-unsaturated/α-hetero) is 2. The average molecular weight is 658 g/mol. The molecule has 0 spiro atoms. The van der Waals surface area contributed by atoms with Gasteiger partial charge in [0.2, 0.25) is 0 Å². The predicted molar refractivity (Wildman–Crippen MR) is 206 cm³/mol. The molecule has 2 aliphatic carbocycles. The number of hydrogen-bond acceptors (Lipinski definition) is 4. The number of carbonyl (C=O) groups excluding carboxylic acids is 2. The Hall–Kier alpha value is -1.68. The van der Waals surface area contributed by atoms with Crippen molar-refractivity contribution >= 4 is 11.6 Å². The van der Waals surface area contributed by atoms with E-state index in [-0.39, 0.29) is 5.41 Å². The second-order valence-electron chi connectivity index (χ2n) is 14.4. The molecule has 5 atom stereocenters. The molecule has 2 rings (SSSR count). The first kappa shape index (κ1) is 45.3. The maximum atomic E-state index is 12.3. The molecule has 4 nitrogen and oxygen atoms in total. The number of ether oxygens (including phenoxy) is 1. The van der Waals surface area contributed by atoms with E-state index in [2.05, 4.69) is 92.8 Å². The minimum Gasteiger partial charge on any atom is -0.498 e. The van der Waals surface area contributed by atoms with Crippen molar-refractivity contribution in [3.63, 3.8) is 0 Å². The molecule has 1 saturated carbocycles. The number of rotatable bonds is 19. The van der Waals surface area contributed by atoms with Gasteiger partial charge in [0.1, 0.15) is 11.6 Å². The van der Waals surface area contributed by atoms with Crippen LogP contribution in [0, 0.1) is 22.7 Å². The third-order valence-electron chi connectivity index (χ3n) is 11.6. The Morgan fingerprint density at radius 1 is 0.979 bits per heavy atom. The van der Waals surface area contributed by atoms with E-state index in [9.17, 15) is 9.59 Å². The topological polar surface area (TPSA) is 55.4 Å². The van der Waals surface area contributed by atoms with Gasteiger partial charge in [-0.1, -0.05) is 120 Å².